The van der Waals surface area contributed by atoms with Crippen molar-refractivity contribution in [1.82, 2.24) is 0 Å². The number of hydrogen-bond donors (Lipinski definition) is 1. The maximum absolute atomic E-state index is 12.4. The second-order valence-electron chi connectivity index (χ2n) is 6.31. The molecule has 3 heteroatoms. The predicted molar refractivity (Wildman–Crippen MR) is 94.5 cm³/mol. The first-order valence-corrected chi connectivity index (χ1v) is 8.03. The van der Waals surface area contributed by atoms with Gasteiger partial charge in [-0.05, 0) is 35.6 Å². The molecule has 3 nitrogen and oxygen atoms in total. The summed E-state index contributed by atoms with van der Waals surface area (Å²) in [4.78, 5) is 12.4. The molecule has 23 heavy (non-hydrogen) atoms. The van der Waals surface area contributed by atoms with Crippen molar-refractivity contribution in [1.29, 1.82) is 0 Å². The van der Waals surface area contributed by atoms with E-state index in [0.717, 1.165) is 11.3 Å². The number of nitrogens with one attached hydrogen (secondary N) is 1. The smallest absolute Gasteiger partial charge is 0.225 e. The van der Waals surface area contributed by atoms with E-state index in [9.17, 15) is 4.79 Å². The van der Waals surface area contributed by atoms with E-state index in [0.29, 0.717) is 19.6 Å². The zero-order chi connectivity index (χ0) is 16.7. The van der Waals surface area contributed by atoms with Gasteiger partial charge in [-0.3, -0.25) is 4.79 Å². The van der Waals surface area contributed by atoms with Crippen molar-refractivity contribution in [3.05, 3.63) is 65.7 Å². The third-order valence-electron chi connectivity index (χ3n) is 3.84. The van der Waals surface area contributed by atoms with Gasteiger partial charge in [0.15, 0.2) is 0 Å². The van der Waals surface area contributed by atoms with Crippen molar-refractivity contribution in [3.8, 4) is 0 Å². The van der Waals surface area contributed by atoms with Crippen LogP contribution < -0.4 is 5.32 Å². The van der Waals surface area contributed by atoms with Gasteiger partial charge in [0, 0.05) is 18.7 Å². The Labute approximate surface area is 138 Å². The molecule has 122 valence electrons. The molecule has 0 unspecified atom stereocenters. The lowest BCUT2D eigenvalue weighted by molar-refractivity contribution is -0.117. The summed E-state index contributed by atoms with van der Waals surface area (Å²) < 4.78 is 5.41. The van der Waals surface area contributed by atoms with Gasteiger partial charge < -0.3 is 10.1 Å². The molecule has 0 spiro atoms. The number of ether oxygens (including phenoxy) is 1. The lowest BCUT2D eigenvalue weighted by atomic mass is 9.81. The molecule has 2 aromatic carbocycles. The van der Waals surface area contributed by atoms with E-state index in [-0.39, 0.29) is 11.3 Å². The average molecular weight is 311 g/mol. The van der Waals surface area contributed by atoms with Gasteiger partial charge in [0.05, 0.1) is 6.61 Å². The molecule has 1 N–H and O–H groups in total. The van der Waals surface area contributed by atoms with E-state index in [2.05, 4.69) is 31.3 Å². The van der Waals surface area contributed by atoms with E-state index in [1.54, 1.807) is 0 Å². The molecule has 0 saturated carbocycles. The van der Waals surface area contributed by atoms with E-state index < -0.39 is 0 Å². The minimum Gasteiger partial charge on any atom is -0.377 e. The summed E-state index contributed by atoms with van der Waals surface area (Å²) in [5, 5.41) is 2.99. The number of hydrogen-bond acceptors (Lipinski definition) is 2. The van der Waals surface area contributed by atoms with Crippen molar-refractivity contribution >= 4 is 11.6 Å². The molecule has 0 atom stereocenters. The predicted octanol–water partition coefficient (Wildman–Crippen LogP) is 4.53. The van der Waals surface area contributed by atoms with Gasteiger partial charge in [0.25, 0.3) is 0 Å². The molecule has 0 bridgehead atoms. The van der Waals surface area contributed by atoms with Crippen LogP contribution in [0.15, 0.2) is 54.6 Å². The molecule has 0 aromatic heterocycles. The molecule has 1 amide bonds. The third kappa shape index (κ3) is 5.22. The van der Waals surface area contributed by atoms with Crippen LogP contribution in [0.4, 0.5) is 5.69 Å². The number of amides is 1. The highest BCUT2D eigenvalue weighted by atomic mass is 16.5. The highest BCUT2D eigenvalue weighted by molar-refractivity contribution is 5.91. The Kier molecular flexibility index (Phi) is 5.94. The molecule has 0 aliphatic heterocycles. The maximum atomic E-state index is 12.4. The average Bonchev–Trinajstić information content (AvgIpc) is 2.53. The van der Waals surface area contributed by atoms with Crippen LogP contribution in [-0.2, 0) is 21.6 Å². The van der Waals surface area contributed by atoms with Gasteiger partial charge in [0.2, 0.25) is 5.91 Å². The maximum Gasteiger partial charge on any atom is 0.225 e. The monoisotopic (exact) mass is 311 g/mol. The summed E-state index contributed by atoms with van der Waals surface area (Å²) in [5.74, 6) is 0.0208. The van der Waals surface area contributed by atoms with E-state index in [1.165, 1.54) is 5.56 Å². The Morgan fingerprint density at radius 1 is 1.09 bits per heavy atom. The van der Waals surface area contributed by atoms with Crippen LogP contribution in [0.2, 0.25) is 0 Å². The van der Waals surface area contributed by atoms with Crippen molar-refractivity contribution in [2.75, 3.05) is 11.9 Å². The number of rotatable bonds is 7. The Morgan fingerprint density at radius 2 is 1.83 bits per heavy atom. The van der Waals surface area contributed by atoms with E-state index >= 15 is 0 Å². The summed E-state index contributed by atoms with van der Waals surface area (Å²) in [5.41, 5.74) is 2.84. The first kappa shape index (κ1) is 17.2. The van der Waals surface area contributed by atoms with Crippen molar-refractivity contribution < 1.29 is 9.53 Å². The standard InChI is InChI=1S/C20H25NO2/c1-4-23-15-16-9-8-12-18(13-16)21-19(22)14-20(2,3)17-10-6-5-7-11-17/h5-13H,4,14-15H2,1-3H3,(H,21,22). The summed E-state index contributed by atoms with van der Waals surface area (Å²) in [7, 11) is 0. The number of anilines is 1. The topological polar surface area (TPSA) is 38.3 Å². The van der Waals surface area contributed by atoms with Crippen LogP contribution in [0.25, 0.3) is 0 Å². The Balaban J connectivity index is 1.99. The minimum absolute atomic E-state index is 0.0208. The van der Waals surface area contributed by atoms with Gasteiger partial charge in [-0.25, -0.2) is 0 Å². The number of benzene rings is 2. The number of carbonyl (C=O) groups is 1. The first-order chi connectivity index (χ1) is 11.0. The molecule has 0 aliphatic rings. The van der Waals surface area contributed by atoms with Crippen LogP contribution in [0.1, 0.15) is 38.3 Å². The number of carbonyl (C=O) groups excluding carboxylic acids is 1. The van der Waals surface area contributed by atoms with Crippen molar-refractivity contribution in [2.45, 2.75) is 39.2 Å². The molecular formula is C20H25NO2. The van der Waals surface area contributed by atoms with Gasteiger partial charge in [0.1, 0.15) is 0 Å². The Morgan fingerprint density at radius 3 is 2.52 bits per heavy atom. The van der Waals surface area contributed by atoms with Crippen LogP contribution in [0, 0.1) is 0 Å². The van der Waals surface area contributed by atoms with Crippen molar-refractivity contribution in [3.63, 3.8) is 0 Å². The van der Waals surface area contributed by atoms with Crippen LogP contribution in [0.5, 0.6) is 0 Å². The molecule has 0 saturated heterocycles. The minimum atomic E-state index is -0.200. The van der Waals surface area contributed by atoms with Crippen LogP contribution in [-0.4, -0.2) is 12.5 Å². The van der Waals surface area contributed by atoms with Crippen LogP contribution in [0.3, 0.4) is 0 Å². The summed E-state index contributed by atoms with van der Waals surface area (Å²) in [6.07, 6.45) is 0.437. The van der Waals surface area contributed by atoms with E-state index in [4.69, 9.17) is 4.74 Å². The Hall–Kier alpha value is -2.13. The highest BCUT2D eigenvalue weighted by Crippen LogP contribution is 2.27. The van der Waals surface area contributed by atoms with Crippen LogP contribution >= 0.6 is 0 Å². The zero-order valence-electron chi connectivity index (χ0n) is 14.1. The van der Waals surface area contributed by atoms with Gasteiger partial charge in [-0.15, -0.1) is 0 Å². The molecule has 2 rings (SSSR count). The second kappa shape index (κ2) is 7.93. The summed E-state index contributed by atoms with van der Waals surface area (Å²) in [6, 6.07) is 17.9. The molecule has 0 fully saturated rings. The van der Waals surface area contributed by atoms with Gasteiger partial charge in [-0.1, -0.05) is 56.3 Å². The first-order valence-electron chi connectivity index (χ1n) is 8.03. The quantitative estimate of drug-likeness (QED) is 0.816. The molecule has 0 radical (unpaired) electrons. The lowest BCUT2D eigenvalue weighted by Gasteiger charge is -2.24. The van der Waals surface area contributed by atoms with Gasteiger partial charge >= 0.3 is 0 Å². The van der Waals surface area contributed by atoms with Crippen molar-refractivity contribution in [2.24, 2.45) is 0 Å². The normalized spacial score (nSPS) is 11.3. The SMILES string of the molecule is CCOCc1cccc(NC(=O)CC(C)(C)c2ccccc2)c1. The highest BCUT2D eigenvalue weighted by Gasteiger charge is 2.24. The fourth-order valence-corrected chi connectivity index (χ4v) is 2.56. The fraction of sp³-hybridized carbons (Fsp3) is 0.350. The lowest BCUT2D eigenvalue weighted by Crippen LogP contribution is -2.25. The Bertz CT molecular complexity index is 635. The molecule has 0 aliphatic carbocycles. The fourth-order valence-electron chi connectivity index (χ4n) is 2.56. The second-order valence-corrected chi connectivity index (χ2v) is 6.31. The largest absolute Gasteiger partial charge is 0.377 e. The van der Waals surface area contributed by atoms with E-state index in [1.807, 2.05) is 49.4 Å². The molecule has 0 heterocycles. The summed E-state index contributed by atoms with van der Waals surface area (Å²) in [6.45, 7) is 7.40. The van der Waals surface area contributed by atoms with Gasteiger partial charge in [-0.2, -0.15) is 0 Å². The summed E-state index contributed by atoms with van der Waals surface area (Å²) >= 11 is 0. The third-order valence-corrected chi connectivity index (χ3v) is 3.84. The molecule has 2 aromatic rings. The zero-order valence-corrected chi connectivity index (χ0v) is 14.1. The molecular weight excluding hydrogens is 286 g/mol.